The monoisotopic (exact) mass is 495 g/mol. The Kier molecular flexibility index (Phi) is 8.22. The molecule has 8 nitrogen and oxygen atoms in total. The third kappa shape index (κ3) is 5.92. The molecule has 3 aliphatic heterocycles. The number of hydrogen-bond acceptors (Lipinski definition) is 6. The number of piperidine rings is 1. The molecule has 3 heterocycles. The van der Waals surface area contributed by atoms with E-state index >= 15 is 0 Å². The number of carbonyl (C=O) groups excluding carboxylic acids is 3. The van der Waals surface area contributed by atoms with E-state index in [1.54, 1.807) is 4.90 Å². The van der Waals surface area contributed by atoms with Gasteiger partial charge >= 0.3 is 0 Å². The fourth-order valence-corrected chi connectivity index (χ4v) is 6.35. The van der Waals surface area contributed by atoms with Crippen molar-refractivity contribution < 1.29 is 14.4 Å². The van der Waals surface area contributed by atoms with E-state index in [1.165, 1.54) is 51.5 Å². The number of benzene rings is 1. The van der Waals surface area contributed by atoms with Gasteiger partial charge in [-0.15, -0.1) is 0 Å². The zero-order valence-corrected chi connectivity index (χ0v) is 21.5. The first-order valence-electron chi connectivity index (χ1n) is 14.0. The molecule has 4 aliphatic rings. The highest BCUT2D eigenvalue weighted by atomic mass is 16.2. The van der Waals surface area contributed by atoms with Crippen molar-refractivity contribution in [3.05, 3.63) is 29.3 Å². The maximum Gasteiger partial charge on any atom is 0.255 e. The summed E-state index contributed by atoms with van der Waals surface area (Å²) in [4.78, 5) is 43.6. The molecule has 2 N–H and O–H groups in total. The molecule has 2 saturated heterocycles. The molecule has 3 amide bonds. The minimum Gasteiger partial charge on any atom is -0.383 e. The Hall–Kier alpha value is -2.45. The Morgan fingerprint density at radius 2 is 1.61 bits per heavy atom. The van der Waals surface area contributed by atoms with E-state index in [0.29, 0.717) is 18.5 Å². The van der Waals surface area contributed by atoms with E-state index < -0.39 is 6.04 Å². The molecule has 8 heteroatoms. The van der Waals surface area contributed by atoms with E-state index in [9.17, 15) is 14.4 Å². The van der Waals surface area contributed by atoms with Gasteiger partial charge < -0.3 is 15.1 Å². The normalized spacial score (nSPS) is 24.5. The lowest BCUT2D eigenvalue weighted by atomic mass is 9.96. The van der Waals surface area contributed by atoms with E-state index in [2.05, 4.69) is 20.4 Å². The van der Waals surface area contributed by atoms with Gasteiger partial charge in [-0.05, 0) is 37.4 Å². The fraction of sp³-hybridized carbons (Fsp3) is 0.679. The zero-order valence-electron chi connectivity index (χ0n) is 21.5. The van der Waals surface area contributed by atoms with Crippen LogP contribution in [0.2, 0.25) is 0 Å². The second kappa shape index (κ2) is 11.7. The van der Waals surface area contributed by atoms with Gasteiger partial charge in [0.25, 0.3) is 5.91 Å². The van der Waals surface area contributed by atoms with Crippen LogP contribution in [-0.4, -0.2) is 84.3 Å². The molecule has 1 unspecified atom stereocenters. The Morgan fingerprint density at radius 1 is 0.889 bits per heavy atom. The fourth-order valence-electron chi connectivity index (χ4n) is 6.35. The molecule has 1 atom stereocenters. The number of amides is 3. The third-order valence-electron chi connectivity index (χ3n) is 8.62. The molecule has 1 aromatic rings. The number of imide groups is 1. The Labute approximate surface area is 214 Å². The molecule has 0 spiro atoms. The van der Waals surface area contributed by atoms with Gasteiger partial charge in [0.1, 0.15) is 6.04 Å². The molecule has 36 heavy (non-hydrogen) atoms. The summed E-state index contributed by atoms with van der Waals surface area (Å²) >= 11 is 0. The van der Waals surface area contributed by atoms with Crippen molar-refractivity contribution in [2.45, 2.75) is 70.4 Å². The summed E-state index contributed by atoms with van der Waals surface area (Å²) in [6.07, 6.45) is 10.6. The summed E-state index contributed by atoms with van der Waals surface area (Å²) in [6.45, 7) is 8.00. The minimum atomic E-state index is -0.575. The lowest BCUT2D eigenvalue weighted by Gasteiger charge is -2.35. The van der Waals surface area contributed by atoms with Crippen LogP contribution in [0.25, 0.3) is 0 Å². The average Bonchev–Trinajstić information content (AvgIpc) is 3.04. The number of rotatable bonds is 8. The quantitative estimate of drug-likeness (QED) is 0.426. The zero-order chi connectivity index (χ0) is 24.9. The van der Waals surface area contributed by atoms with Crippen molar-refractivity contribution in [3.63, 3.8) is 0 Å². The largest absolute Gasteiger partial charge is 0.383 e. The highest BCUT2D eigenvalue weighted by molar-refractivity contribution is 6.06. The van der Waals surface area contributed by atoms with Gasteiger partial charge in [0.05, 0.1) is 0 Å². The first-order valence-corrected chi connectivity index (χ1v) is 14.0. The van der Waals surface area contributed by atoms with E-state index in [4.69, 9.17) is 0 Å². The van der Waals surface area contributed by atoms with E-state index in [1.807, 2.05) is 18.2 Å². The second-order valence-electron chi connectivity index (χ2n) is 11.0. The number of fused-ring (bicyclic) bond motifs is 1. The molecule has 5 rings (SSSR count). The number of hydrogen-bond donors (Lipinski definition) is 2. The van der Waals surface area contributed by atoms with Crippen LogP contribution in [0.1, 0.15) is 73.7 Å². The second-order valence-corrected chi connectivity index (χ2v) is 11.0. The smallest absolute Gasteiger partial charge is 0.255 e. The number of anilines is 1. The third-order valence-corrected chi connectivity index (χ3v) is 8.62. The Balaban J connectivity index is 1.06. The molecule has 3 fully saturated rings. The molecule has 0 radical (unpaired) electrons. The molecule has 1 saturated carbocycles. The van der Waals surface area contributed by atoms with E-state index in [0.717, 1.165) is 56.4 Å². The predicted octanol–water partition coefficient (Wildman–Crippen LogP) is 2.84. The SMILES string of the molecule is O=C1CCC(N2Cc3c(NCCN4CCN(CCC5CCCCCC5)CC4)cccc3C2=O)C(=O)N1. The van der Waals surface area contributed by atoms with Gasteiger partial charge in [0, 0.05) is 69.0 Å². The predicted molar refractivity (Wildman–Crippen MR) is 140 cm³/mol. The first kappa shape index (κ1) is 25.2. The van der Waals surface area contributed by atoms with Crippen molar-refractivity contribution in [1.29, 1.82) is 0 Å². The first-order chi connectivity index (χ1) is 17.6. The summed E-state index contributed by atoms with van der Waals surface area (Å²) < 4.78 is 0. The highest BCUT2D eigenvalue weighted by Crippen LogP contribution is 2.32. The van der Waals surface area contributed by atoms with Crippen LogP contribution < -0.4 is 10.6 Å². The lowest BCUT2D eigenvalue weighted by Crippen LogP contribution is -2.52. The standard InChI is InChI=1S/C28H41N5O3/c34-26-11-10-25(27(35)30-26)33-20-23-22(28(33)36)8-5-9-24(23)29-13-15-32-18-16-31(17-19-32)14-12-21-6-3-1-2-4-7-21/h5,8-9,21,25,29H,1-4,6-7,10-20H2,(H,30,34,35). The topological polar surface area (TPSA) is 85.0 Å². The van der Waals surface area contributed by atoms with Crippen LogP contribution in [0, 0.1) is 5.92 Å². The van der Waals surface area contributed by atoms with Gasteiger partial charge in [0.2, 0.25) is 11.8 Å². The molecule has 1 aliphatic carbocycles. The lowest BCUT2D eigenvalue weighted by molar-refractivity contribution is -0.136. The average molecular weight is 496 g/mol. The molecule has 0 aromatic heterocycles. The van der Waals surface area contributed by atoms with Crippen LogP contribution >= 0.6 is 0 Å². The van der Waals surface area contributed by atoms with Crippen LogP contribution in [0.3, 0.4) is 0 Å². The van der Waals surface area contributed by atoms with Crippen molar-refractivity contribution >= 4 is 23.4 Å². The van der Waals surface area contributed by atoms with Crippen LogP contribution in [0.5, 0.6) is 0 Å². The number of piperazine rings is 1. The van der Waals surface area contributed by atoms with Gasteiger partial charge in [0.15, 0.2) is 0 Å². The van der Waals surface area contributed by atoms with Crippen LogP contribution in [-0.2, 0) is 16.1 Å². The summed E-state index contributed by atoms with van der Waals surface area (Å²) in [7, 11) is 0. The summed E-state index contributed by atoms with van der Waals surface area (Å²) in [6, 6.07) is 5.18. The highest BCUT2D eigenvalue weighted by Gasteiger charge is 2.39. The maximum absolute atomic E-state index is 13.0. The summed E-state index contributed by atoms with van der Waals surface area (Å²) in [5.41, 5.74) is 2.58. The Bertz CT molecular complexity index is 951. The van der Waals surface area contributed by atoms with Gasteiger partial charge in [-0.2, -0.15) is 0 Å². The number of nitrogens with one attached hydrogen (secondary N) is 2. The van der Waals surface area contributed by atoms with Crippen molar-refractivity contribution in [2.24, 2.45) is 5.92 Å². The van der Waals surface area contributed by atoms with Crippen LogP contribution in [0.4, 0.5) is 5.69 Å². The number of carbonyl (C=O) groups is 3. The minimum absolute atomic E-state index is 0.122. The van der Waals surface area contributed by atoms with Gasteiger partial charge in [-0.3, -0.25) is 24.6 Å². The number of nitrogens with zero attached hydrogens (tertiary/aromatic N) is 3. The van der Waals surface area contributed by atoms with Crippen molar-refractivity contribution in [2.75, 3.05) is 51.1 Å². The Morgan fingerprint density at radius 3 is 2.33 bits per heavy atom. The maximum atomic E-state index is 13.0. The van der Waals surface area contributed by atoms with E-state index in [-0.39, 0.29) is 24.1 Å². The molecular weight excluding hydrogens is 454 g/mol. The van der Waals surface area contributed by atoms with Gasteiger partial charge in [-0.25, -0.2) is 0 Å². The molecule has 0 bridgehead atoms. The van der Waals surface area contributed by atoms with Crippen LogP contribution in [0.15, 0.2) is 18.2 Å². The van der Waals surface area contributed by atoms with Crippen molar-refractivity contribution in [1.82, 2.24) is 20.0 Å². The molecule has 1 aromatic carbocycles. The van der Waals surface area contributed by atoms with Crippen molar-refractivity contribution in [3.8, 4) is 0 Å². The van der Waals surface area contributed by atoms with Gasteiger partial charge in [-0.1, -0.05) is 44.6 Å². The molecular formula is C28H41N5O3. The molecule has 196 valence electrons. The summed E-state index contributed by atoms with van der Waals surface area (Å²) in [5.74, 6) is 0.196. The summed E-state index contributed by atoms with van der Waals surface area (Å²) in [5, 5.41) is 5.92.